The molecule has 2 bridgehead atoms. The third kappa shape index (κ3) is 2.21. The second kappa shape index (κ2) is 6.20. The summed E-state index contributed by atoms with van der Waals surface area (Å²) in [5.41, 5.74) is 3.97. The van der Waals surface area contributed by atoms with Gasteiger partial charge in [0.1, 0.15) is 10.8 Å². The Bertz CT molecular complexity index is 927. The molecule has 2 aromatic rings. The molecule has 0 atom stereocenters. The van der Waals surface area contributed by atoms with Crippen LogP contribution in [-0.2, 0) is 10.8 Å². The molecule has 0 unspecified atom stereocenters. The molecule has 4 aliphatic rings. The molecule has 1 saturated heterocycles. The topological polar surface area (TPSA) is 47.6 Å². The summed E-state index contributed by atoms with van der Waals surface area (Å²) in [6.07, 6.45) is 2.60. The Morgan fingerprint density at radius 2 is 1.11 bits per heavy atom. The predicted octanol–water partition coefficient (Wildman–Crippen LogP) is 5.49. The molecule has 6 rings (SSSR count). The van der Waals surface area contributed by atoms with Crippen molar-refractivity contribution >= 4 is 23.5 Å². The van der Waals surface area contributed by atoms with Gasteiger partial charge in [0.25, 0.3) is 0 Å². The number of nitrogens with zero attached hydrogens (tertiary/aromatic N) is 2. The van der Waals surface area contributed by atoms with E-state index in [9.17, 15) is 10.5 Å². The molecule has 1 heterocycles. The molecular formula is C23H18N2S2. The highest BCUT2D eigenvalue weighted by Crippen LogP contribution is 2.59. The minimum absolute atomic E-state index is 0.691. The number of fused-ring (bicyclic) bond motifs is 2. The highest BCUT2D eigenvalue weighted by molar-refractivity contribution is 8.22. The lowest BCUT2D eigenvalue weighted by Crippen LogP contribution is -2.38. The molecule has 0 saturated carbocycles. The van der Waals surface area contributed by atoms with E-state index in [0.717, 1.165) is 33.8 Å². The summed E-state index contributed by atoms with van der Waals surface area (Å²) in [4.78, 5) is 0. The molecule has 1 aliphatic heterocycles. The summed E-state index contributed by atoms with van der Waals surface area (Å²) in [5.74, 6) is 2.26. The number of benzene rings is 2. The Morgan fingerprint density at radius 1 is 0.704 bits per heavy atom. The van der Waals surface area contributed by atoms with Gasteiger partial charge in [0.2, 0.25) is 0 Å². The van der Waals surface area contributed by atoms with Crippen molar-refractivity contribution in [3.63, 3.8) is 0 Å². The number of thioether (sulfide) groups is 2. The van der Waals surface area contributed by atoms with Crippen molar-refractivity contribution in [2.24, 2.45) is 0 Å². The first-order chi connectivity index (χ1) is 13.2. The minimum atomic E-state index is -0.703. The van der Waals surface area contributed by atoms with Gasteiger partial charge in [-0.15, -0.1) is 23.5 Å². The molecule has 27 heavy (non-hydrogen) atoms. The van der Waals surface area contributed by atoms with Gasteiger partial charge in [0.15, 0.2) is 0 Å². The fourth-order valence-electron chi connectivity index (χ4n) is 4.93. The number of hydrogen-bond donors (Lipinski definition) is 0. The zero-order valence-electron chi connectivity index (χ0n) is 14.9. The smallest absolute Gasteiger partial charge is 0.112 e. The Balaban J connectivity index is 1.88. The quantitative estimate of drug-likeness (QED) is 0.600. The van der Waals surface area contributed by atoms with E-state index in [1.165, 1.54) is 16.2 Å². The maximum absolute atomic E-state index is 10.5. The third-order valence-corrected chi connectivity index (χ3v) is 8.87. The van der Waals surface area contributed by atoms with Crippen molar-refractivity contribution in [3.8, 4) is 12.1 Å². The number of nitriles is 2. The van der Waals surface area contributed by atoms with Crippen LogP contribution in [-0.4, -0.2) is 11.5 Å². The highest BCUT2D eigenvalue weighted by atomic mass is 32.2. The Kier molecular flexibility index (Phi) is 3.90. The highest BCUT2D eigenvalue weighted by Gasteiger charge is 2.55. The van der Waals surface area contributed by atoms with Gasteiger partial charge in [0.05, 0.1) is 12.1 Å². The maximum Gasteiger partial charge on any atom is 0.112 e. The normalized spacial score (nSPS) is 28.5. The molecule has 0 amide bonds. The van der Waals surface area contributed by atoms with E-state index in [4.69, 9.17) is 0 Å². The van der Waals surface area contributed by atoms with Crippen LogP contribution >= 0.6 is 23.5 Å². The van der Waals surface area contributed by atoms with Gasteiger partial charge in [-0.05, 0) is 58.6 Å². The summed E-state index contributed by atoms with van der Waals surface area (Å²) in [6.45, 7) is 0. The van der Waals surface area contributed by atoms with Crippen molar-refractivity contribution in [3.05, 3.63) is 80.6 Å². The summed E-state index contributed by atoms with van der Waals surface area (Å²) in [5, 5.41) is 21.0. The number of rotatable bonds is 0. The molecule has 2 nitrogen and oxygen atoms in total. The van der Waals surface area contributed by atoms with E-state index >= 15 is 0 Å². The van der Waals surface area contributed by atoms with Crippen LogP contribution < -0.4 is 0 Å². The van der Waals surface area contributed by atoms with E-state index in [-0.39, 0.29) is 0 Å². The largest absolute Gasteiger partial charge is 0.197 e. The third-order valence-electron chi connectivity index (χ3n) is 6.08. The van der Waals surface area contributed by atoms with E-state index in [2.05, 4.69) is 36.4 Å². The molecule has 1 fully saturated rings. The average Bonchev–Trinajstić information content (AvgIpc) is 2.97. The van der Waals surface area contributed by atoms with Crippen molar-refractivity contribution in [2.45, 2.75) is 30.1 Å². The van der Waals surface area contributed by atoms with Crippen molar-refractivity contribution in [1.82, 2.24) is 0 Å². The fraction of sp³-hybridized carbons (Fsp3) is 0.304. The molecule has 2 aromatic carbocycles. The van der Waals surface area contributed by atoms with Crippen molar-refractivity contribution in [2.75, 3.05) is 11.5 Å². The molecule has 0 aromatic heterocycles. The van der Waals surface area contributed by atoms with Gasteiger partial charge in [-0.25, -0.2) is 0 Å². The summed E-state index contributed by atoms with van der Waals surface area (Å²) in [7, 11) is 0. The van der Waals surface area contributed by atoms with E-state index in [1.54, 1.807) is 0 Å². The van der Waals surface area contributed by atoms with Crippen LogP contribution in [0.5, 0.6) is 0 Å². The summed E-state index contributed by atoms with van der Waals surface area (Å²) in [6, 6.07) is 21.7. The Hall–Kier alpha value is -2.14. The molecule has 4 heteroatoms. The molecule has 132 valence electrons. The first-order valence-electron chi connectivity index (χ1n) is 9.25. The number of hydrogen-bond acceptors (Lipinski definition) is 4. The Morgan fingerprint density at radius 3 is 1.48 bits per heavy atom. The lowest BCUT2D eigenvalue weighted by Gasteiger charge is -2.39. The van der Waals surface area contributed by atoms with E-state index in [0.29, 0.717) is 12.8 Å². The zero-order valence-corrected chi connectivity index (χ0v) is 16.5. The molecule has 3 aliphatic carbocycles. The van der Waals surface area contributed by atoms with Crippen molar-refractivity contribution in [1.29, 1.82) is 10.5 Å². The second-order valence-electron chi connectivity index (χ2n) is 7.42. The van der Waals surface area contributed by atoms with Gasteiger partial charge < -0.3 is 0 Å². The molecule has 0 N–H and O–H groups in total. The predicted molar refractivity (Wildman–Crippen MR) is 111 cm³/mol. The monoisotopic (exact) mass is 386 g/mol. The SMILES string of the molecule is N#CC12CC(=C3SCCCS3)CC(C#N)(c3ccccc31)c1ccccc12. The minimum Gasteiger partial charge on any atom is -0.197 e. The lowest BCUT2D eigenvalue weighted by atomic mass is 9.59. The van der Waals surface area contributed by atoms with Crippen LogP contribution in [0.4, 0.5) is 0 Å². The first kappa shape index (κ1) is 17.0. The fourth-order valence-corrected chi connectivity index (χ4v) is 7.59. The van der Waals surface area contributed by atoms with Crippen LogP contribution in [0.1, 0.15) is 41.5 Å². The number of allylic oxidation sites excluding steroid dienone is 1. The van der Waals surface area contributed by atoms with Gasteiger partial charge in [-0.3, -0.25) is 0 Å². The lowest BCUT2D eigenvalue weighted by molar-refractivity contribution is 0.608. The van der Waals surface area contributed by atoms with Gasteiger partial charge in [-0.2, -0.15) is 10.5 Å². The second-order valence-corrected chi connectivity index (χ2v) is 9.89. The van der Waals surface area contributed by atoms with E-state index < -0.39 is 10.8 Å². The van der Waals surface area contributed by atoms with Crippen LogP contribution in [0.25, 0.3) is 0 Å². The summed E-state index contributed by atoms with van der Waals surface area (Å²) < 4.78 is 1.35. The molecule has 0 spiro atoms. The van der Waals surface area contributed by atoms with Crippen LogP contribution in [0.3, 0.4) is 0 Å². The Labute approximate surface area is 168 Å². The molecule has 0 radical (unpaired) electrons. The van der Waals surface area contributed by atoms with Crippen molar-refractivity contribution < 1.29 is 0 Å². The van der Waals surface area contributed by atoms with E-state index in [1.807, 2.05) is 47.8 Å². The van der Waals surface area contributed by atoms with Crippen LogP contribution in [0.2, 0.25) is 0 Å². The first-order valence-corrected chi connectivity index (χ1v) is 11.2. The van der Waals surface area contributed by atoms with Gasteiger partial charge >= 0.3 is 0 Å². The zero-order chi connectivity index (χ0) is 18.5. The standard InChI is InChI=1S/C23H18N2S2/c24-14-22-12-16(21-26-10-5-11-27-21)13-23(15-25,18-7-2-1-6-17(18)22)20-9-4-3-8-19(20)22/h1-4,6-9H,5,10-13H2. The van der Waals surface area contributed by atoms with Crippen LogP contribution in [0.15, 0.2) is 58.3 Å². The van der Waals surface area contributed by atoms with Gasteiger partial charge in [-0.1, -0.05) is 48.5 Å². The maximum atomic E-state index is 10.5. The average molecular weight is 387 g/mol. The van der Waals surface area contributed by atoms with Gasteiger partial charge in [0, 0.05) is 4.24 Å². The van der Waals surface area contributed by atoms with Crippen LogP contribution in [0, 0.1) is 22.7 Å². The summed E-state index contributed by atoms with van der Waals surface area (Å²) >= 11 is 3.82. The molecular weight excluding hydrogens is 368 g/mol.